The van der Waals surface area contributed by atoms with Crippen molar-refractivity contribution in [2.75, 3.05) is 5.88 Å². The molecule has 1 heterocycles. The highest BCUT2D eigenvalue weighted by atomic mass is 35.5. The summed E-state index contributed by atoms with van der Waals surface area (Å²) in [4.78, 5) is 4.04. The minimum Gasteiger partial charge on any atom is -0.250 e. The Labute approximate surface area is 57.3 Å². The Kier molecular flexibility index (Phi) is 2.30. The van der Waals surface area contributed by atoms with Crippen LogP contribution in [-0.4, -0.2) is 10.9 Å². The molecule has 0 atom stereocenters. The molecule has 0 amide bonds. The van der Waals surface area contributed by atoms with E-state index in [2.05, 4.69) is 4.98 Å². The first-order valence-corrected chi connectivity index (χ1v) is 3.84. The standard InChI is InChI=1S/C5H6ClNS/c6-2-1-5-3-8-4-7-5/h3-4H,1-2H2. The van der Waals surface area contributed by atoms with Crippen LogP contribution in [0.1, 0.15) is 5.69 Å². The number of thiazole rings is 1. The second-order valence-electron chi connectivity index (χ2n) is 1.42. The fourth-order valence-corrected chi connectivity index (χ4v) is 1.24. The minimum atomic E-state index is 0.670. The summed E-state index contributed by atoms with van der Waals surface area (Å²) in [6.45, 7) is 0. The third kappa shape index (κ3) is 1.46. The third-order valence-corrected chi connectivity index (χ3v) is 1.66. The minimum absolute atomic E-state index is 0.670. The molecule has 0 bridgehead atoms. The van der Waals surface area contributed by atoms with Gasteiger partial charge in [0.1, 0.15) is 0 Å². The van der Waals surface area contributed by atoms with Crippen LogP contribution in [-0.2, 0) is 6.42 Å². The van der Waals surface area contributed by atoms with Crippen LogP contribution in [0.5, 0.6) is 0 Å². The number of halogens is 1. The Hall–Kier alpha value is -0.0800. The highest BCUT2D eigenvalue weighted by Gasteiger charge is 1.89. The number of aryl methyl sites for hydroxylation is 1. The molecule has 0 aliphatic rings. The Balaban J connectivity index is 2.50. The van der Waals surface area contributed by atoms with Crippen molar-refractivity contribution in [3.8, 4) is 0 Å². The van der Waals surface area contributed by atoms with Gasteiger partial charge >= 0.3 is 0 Å². The Morgan fingerprint density at radius 3 is 3.12 bits per heavy atom. The Morgan fingerprint density at radius 1 is 1.75 bits per heavy atom. The van der Waals surface area contributed by atoms with Crippen LogP contribution in [0.4, 0.5) is 0 Å². The number of hydrogen-bond acceptors (Lipinski definition) is 2. The topological polar surface area (TPSA) is 12.9 Å². The number of alkyl halides is 1. The highest BCUT2D eigenvalue weighted by Crippen LogP contribution is 2.01. The van der Waals surface area contributed by atoms with Crippen molar-refractivity contribution in [2.45, 2.75) is 6.42 Å². The summed E-state index contributed by atoms with van der Waals surface area (Å²) in [7, 11) is 0. The van der Waals surface area contributed by atoms with Crippen molar-refractivity contribution in [1.82, 2.24) is 4.98 Å². The molecule has 0 saturated carbocycles. The average Bonchev–Trinajstić information content (AvgIpc) is 2.19. The fraction of sp³-hybridized carbons (Fsp3) is 0.400. The van der Waals surface area contributed by atoms with Crippen molar-refractivity contribution in [3.05, 3.63) is 16.6 Å². The summed E-state index contributed by atoms with van der Waals surface area (Å²) >= 11 is 7.07. The van der Waals surface area contributed by atoms with E-state index in [1.165, 1.54) is 0 Å². The molecule has 0 radical (unpaired) electrons. The van der Waals surface area contributed by atoms with Gasteiger partial charge in [-0.25, -0.2) is 4.98 Å². The van der Waals surface area contributed by atoms with E-state index >= 15 is 0 Å². The summed E-state index contributed by atoms with van der Waals surface area (Å²) in [5.41, 5.74) is 2.92. The van der Waals surface area contributed by atoms with Gasteiger partial charge in [-0.15, -0.1) is 22.9 Å². The van der Waals surface area contributed by atoms with Gasteiger partial charge in [-0.2, -0.15) is 0 Å². The maximum atomic E-state index is 5.46. The molecule has 0 aromatic carbocycles. The lowest BCUT2D eigenvalue weighted by molar-refractivity contribution is 1.07. The van der Waals surface area contributed by atoms with Crippen molar-refractivity contribution in [3.63, 3.8) is 0 Å². The Bertz CT molecular complexity index is 138. The zero-order valence-electron chi connectivity index (χ0n) is 4.30. The number of aromatic nitrogens is 1. The predicted octanol–water partition coefficient (Wildman–Crippen LogP) is 1.92. The first-order valence-electron chi connectivity index (χ1n) is 2.36. The maximum absolute atomic E-state index is 5.46. The largest absolute Gasteiger partial charge is 0.250 e. The molecule has 1 aromatic heterocycles. The average molecular weight is 148 g/mol. The lowest BCUT2D eigenvalue weighted by Crippen LogP contribution is -1.82. The molecule has 0 saturated heterocycles. The van der Waals surface area contributed by atoms with E-state index in [4.69, 9.17) is 11.6 Å². The molecular weight excluding hydrogens is 142 g/mol. The van der Waals surface area contributed by atoms with Gasteiger partial charge in [-0.05, 0) is 0 Å². The molecule has 8 heavy (non-hydrogen) atoms. The first kappa shape index (κ1) is 6.05. The van der Waals surface area contributed by atoms with E-state index in [0.29, 0.717) is 5.88 Å². The van der Waals surface area contributed by atoms with Gasteiger partial charge < -0.3 is 0 Å². The van der Waals surface area contributed by atoms with Crippen molar-refractivity contribution >= 4 is 22.9 Å². The molecule has 0 aliphatic heterocycles. The molecular formula is C5H6ClNS. The van der Waals surface area contributed by atoms with Crippen LogP contribution in [0.25, 0.3) is 0 Å². The van der Waals surface area contributed by atoms with Gasteiger partial charge in [0.25, 0.3) is 0 Å². The molecule has 44 valence electrons. The third-order valence-electron chi connectivity index (χ3n) is 0.834. The first-order chi connectivity index (χ1) is 3.93. The molecule has 0 fully saturated rings. The molecule has 0 spiro atoms. The smallest absolute Gasteiger partial charge is 0.0794 e. The van der Waals surface area contributed by atoms with Crippen molar-refractivity contribution < 1.29 is 0 Å². The van der Waals surface area contributed by atoms with Crippen LogP contribution in [0.3, 0.4) is 0 Å². The lowest BCUT2D eigenvalue weighted by Gasteiger charge is -1.83. The van der Waals surface area contributed by atoms with Gasteiger partial charge in [0.2, 0.25) is 0 Å². The van der Waals surface area contributed by atoms with Crippen LogP contribution < -0.4 is 0 Å². The van der Waals surface area contributed by atoms with Gasteiger partial charge in [0.15, 0.2) is 0 Å². The van der Waals surface area contributed by atoms with Gasteiger partial charge in [-0.3, -0.25) is 0 Å². The molecule has 1 nitrogen and oxygen atoms in total. The highest BCUT2D eigenvalue weighted by molar-refractivity contribution is 7.07. The van der Waals surface area contributed by atoms with E-state index in [1.807, 2.05) is 10.9 Å². The number of rotatable bonds is 2. The molecule has 0 unspecified atom stereocenters. The maximum Gasteiger partial charge on any atom is 0.0794 e. The van der Waals surface area contributed by atoms with Crippen molar-refractivity contribution in [2.24, 2.45) is 0 Å². The van der Waals surface area contributed by atoms with Gasteiger partial charge in [-0.1, -0.05) is 0 Å². The van der Waals surface area contributed by atoms with Crippen LogP contribution in [0, 0.1) is 0 Å². The van der Waals surface area contributed by atoms with E-state index in [-0.39, 0.29) is 0 Å². The summed E-state index contributed by atoms with van der Waals surface area (Å²) in [5.74, 6) is 0.670. The van der Waals surface area contributed by atoms with Crippen LogP contribution in [0.2, 0.25) is 0 Å². The molecule has 1 aromatic rings. The summed E-state index contributed by atoms with van der Waals surface area (Å²) in [6, 6.07) is 0. The molecule has 1 rings (SSSR count). The molecule has 3 heteroatoms. The quantitative estimate of drug-likeness (QED) is 0.583. The van der Waals surface area contributed by atoms with Crippen molar-refractivity contribution in [1.29, 1.82) is 0 Å². The molecule has 0 aliphatic carbocycles. The van der Waals surface area contributed by atoms with Gasteiger partial charge in [0.05, 0.1) is 11.2 Å². The summed E-state index contributed by atoms with van der Waals surface area (Å²) in [6.07, 6.45) is 0.894. The summed E-state index contributed by atoms with van der Waals surface area (Å²) < 4.78 is 0. The second kappa shape index (κ2) is 3.05. The zero-order valence-corrected chi connectivity index (χ0v) is 5.87. The van der Waals surface area contributed by atoms with E-state index in [9.17, 15) is 0 Å². The van der Waals surface area contributed by atoms with E-state index in [0.717, 1.165) is 12.1 Å². The Morgan fingerprint density at radius 2 is 2.62 bits per heavy atom. The van der Waals surface area contributed by atoms with Crippen LogP contribution in [0.15, 0.2) is 10.9 Å². The zero-order chi connectivity index (χ0) is 5.82. The monoisotopic (exact) mass is 147 g/mol. The number of nitrogens with zero attached hydrogens (tertiary/aromatic N) is 1. The summed E-state index contributed by atoms with van der Waals surface area (Å²) in [5, 5.41) is 2.02. The van der Waals surface area contributed by atoms with E-state index in [1.54, 1.807) is 11.3 Å². The normalized spacial score (nSPS) is 9.62. The SMILES string of the molecule is ClCCc1cscn1. The lowest BCUT2D eigenvalue weighted by atomic mass is 10.4. The number of hydrogen-bond donors (Lipinski definition) is 0. The van der Waals surface area contributed by atoms with Gasteiger partial charge in [0, 0.05) is 17.7 Å². The second-order valence-corrected chi connectivity index (χ2v) is 2.52. The fourth-order valence-electron chi connectivity index (χ4n) is 0.458. The van der Waals surface area contributed by atoms with E-state index < -0.39 is 0 Å². The predicted molar refractivity (Wildman–Crippen MR) is 36.5 cm³/mol. The van der Waals surface area contributed by atoms with Crippen LogP contribution >= 0.6 is 22.9 Å². The molecule has 0 N–H and O–H groups in total.